The topological polar surface area (TPSA) is 42.4 Å². The van der Waals surface area contributed by atoms with Gasteiger partial charge in [0.2, 0.25) is 0 Å². The highest BCUT2D eigenvalue weighted by Crippen LogP contribution is 2.28. The highest BCUT2D eigenvalue weighted by Gasteiger charge is 2.22. The maximum absolute atomic E-state index is 6.03. The molecule has 0 saturated heterocycles. The van der Waals surface area contributed by atoms with Gasteiger partial charge in [-0.05, 0) is 30.1 Å². The first-order chi connectivity index (χ1) is 10.3. The van der Waals surface area contributed by atoms with Crippen LogP contribution in [0.1, 0.15) is 23.6 Å². The molecule has 4 heteroatoms. The minimum Gasteiger partial charge on any atom is -0.459 e. The molecule has 0 saturated carbocycles. The molecule has 3 aromatic rings. The maximum Gasteiger partial charge on any atom is 0.134 e. The lowest BCUT2D eigenvalue weighted by Gasteiger charge is -2.27. The summed E-state index contributed by atoms with van der Waals surface area (Å²) in [6.45, 7) is 4.57. The van der Waals surface area contributed by atoms with Crippen molar-refractivity contribution >= 4 is 22.3 Å². The third-order valence-electron chi connectivity index (χ3n) is 3.78. The zero-order valence-electron chi connectivity index (χ0n) is 12.2. The van der Waals surface area contributed by atoms with E-state index in [-0.39, 0.29) is 6.04 Å². The Hall–Kier alpha value is -1.62. The van der Waals surface area contributed by atoms with Crippen LogP contribution in [0.5, 0.6) is 0 Å². The predicted octanol–water partition coefficient (Wildman–Crippen LogP) is 4.02. The van der Waals surface area contributed by atoms with Crippen molar-refractivity contribution in [2.45, 2.75) is 19.5 Å². The summed E-state index contributed by atoms with van der Waals surface area (Å²) in [4.78, 5) is 3.72. The van der Waals surface area contributed by atoms with Crippen molar-refractivity contribution in [2.75, 3.05) is 13.1 Å². The predicted molar refractivity (Wildman–Crippen MR) is 88.4 cm³/mol. The number of hydrogen-bond donors (Lipinski definition) is 1. The zero-order chi connectivity index (χ0) is 14.7. The van der Waals surface area contributed by atoms with Gasteiger partial charge in [-0.1, -0.05) is 31.2 Å². The summed E-state index contributed by atoms with van der Waals surface area (Å²) in [6.07, 6.45) is 0. The van der Waals surface area contributed by atoms with Crippen molar-refractivity contribution in [2.24, 2.45) is 5.73 Å². The van der Waals surface area contributed by atoms with Crippen molar-refractivity contribution < 1.29 is 4.42 Å². The fourth-order valence-electron chi connectivity index (χ4n) is 2.66. The lowest BCUT2D eigenvalue weighted by atomic mass is 10.1. The van der Waals surface area contributed by atoms with E-state index in [0.717, 1.165) is 29.8 Å². The molecule has 0 fully saturated rings. The average molecular weight is 300 g/mol. The number of fused-ring (bicyclic) bond motifs is 1. The Morgan fingerprint density at radius 3 is 2.76 bits per heavy atom. The number of nitrogens with two attached hydrogens (primary N) is 1. The van der Waals surface area contributed by atoms with Gasteiger partial charge >= 0.3 is 0 Å². The second-order valence-electron chi connectivity index (χ2n) is 5.08. The van der Waals surface area contributed by atoms with E-state index in [9.17, 15) is 0 Å². The minimum atomic E-state index is 0.115. The Balaban J connectivity index is 1.88. The molecule has 0 radical (unpaired) electrons. The molecule has 3 nitrogen and oxygen atoms in total. The maximum atomic E-state index is 6.03. The van der Waals surface area contributed by atoms with E-state index in [1.807, 2.05) is 18.2 Å². The number of nitrogens with zero attached hydrogens (tertiary/aromatic N) is 1. The highest BCUT2D eigenvalue weighted by atomic mass is 32.1. The Labute approximate surface area is 129 Å². The van der Waals surface area contributed by atoms with Crippen molar-refractivity contribution in [1.82, 2.24) is 4.90 Å². The van der Waals surface area contributed by atoms with Crippen molar-refractivity contribution in [3.63, 3.8) is 0 Å². The second-order valence-corrected chi connectivity index (χ2v) is 6.11. The molecule has 3 rings (SSSR count). The van der Waals surface area contributed by atoms with Gasteiger partial charge in [-0.15, -0.1) is 11.3 Å². The molecule has 2 heterocycles. The van der Waals surface area contributed by atoms with E-state index in [4.69, 9.17) is 10.2 Å². The summed E-state index contributed by atoms with van der Waals surface area (Å²) in [6, 6.07) is 14.6. The summed E-state index contributed by atoms with van der Waals surface area (Å²) in [7, 11) is 0. The van der Waals surface area contributed by atoms with Crippen molar-refractivity contribution in [3.05, 3.63) is 58.5 Å². The Morgan fingerprint density at radius 1 is 1.24 bits per heavy atom. The van der Waals surface area contributed by atoms with Crippen LogP contribution in [0, 0.1) is 0 Å². The number of benzene rings is 1. The van der Waals surface area contributed by atoms with Gasteiger partial charge in [0.05, 0.1) is 6.04 Å². The third kappa shape index (κ3) is 3.02. The summed E-state index contributed by atoms with van der Waals surface area (Å²) < 4.78 is 6.00. The van der Waals surface area contributed by atoms with E-state index in [2.05, 4.69) is 41.5 Å². The highest BCUT2D eigenvalue weighted by molar-refractivity contribution is 7.09. The molecule has 1 aromatic carbocycles. The summed E-state index contributed by atoms with van der Waals surface area (Å²) in [5.74, 6) is 0.956. The summed E-state index contributed by atoms with van der Waals surface area (Å²) in [5, 5.41) is 3.25. The first-order valence-corrected chi connectivity index (χ1v) is 8.14. The molecule has 0 aliphatic rings. The van der Waals surface area contributed by atoms with Crippen molar-refractivity contribution in [1.29, 1.82) is 0 Å². The molecule has 2 N–H and O–H groups in total. The Bertz CT molecular complexity index is 657. The van der Waals surface area contributed by atoms with Crippen LogP contribution < -0.4 is 5.73 Å². The molecule has 0 amide bonds. The van der Waals surface area contributed by atoms with Crippen LogP contribution in [0.4, 0.5) is 0 Å². The van der Waals surface area contributed by atoms with Gasteiger partial charge in [0.1, 0.15) is 11.3 Å². The molecule has 2 aromatic heterocycles. The first-order valence-electron chi connectivity index (χ1n) is 7.26. The molecule has 0 bridgehead atoms. The van der Waals surface area contributed by atoms with E-state index < -0.39 is 0 Å². The fourth-order valence-corrected chi connectivity index (χ4v) is 3.39. The van der Waals surface area contributed by atoms with E-state index >= 15 is 0 Å². The number of para-hydroxylation sites is 1. The lowest BCUT2D eigenvalue weighted by molar-refractivity contribution is 0.184. The van der Waals surface area contributed by atoms with E-state index in [1.54, 1.807) is 11.3 Å². The molecule has 21 heavy (non-hydrogen) atoms. The SMILES string of the molecule is CCN(Cc1cccs1)C(CN)c1cc2ccccc2o1. The summed E-state index contributed by atoms with van der Waals surface area (Å²) >= 11 is 1.78. The largest absolute Gasteiger partial charge is 0.459 e. The second kappa shape index (κ2) is 6.43. The Morgan fingerprint density at radius 2 is 2.10 bits per heavy atom. The van der Waals surface area contributed by atoms with Crippen LogP contribution in [-0.2, 0) is 6.54 Å². The van der Waals surface area contributed by atoms with Crippen LogP contribution in [-0.4, -0.2) is 18.0 Å². The van der Waals surface area contributed by atoms with Gasteiger partial charge in [0.15, 0.2) is 0 Å². The number of likely N-dealkylation sites (N-methyl/N-ethyl adjacent to an activating group) is 1. The van der Waals surface area contributed by atoms with Crippen LogP contribution >= 0.6 is 11.3 Å². The molecule has 0 aliphatic heterocycles. The monoisotopic (exact) mass is 300 g/mol. The van der Waals surface area contributed by atoms with Gasteiger partial charge in [0, 0.05) is 23.4 Å². The molecule has 110 valence electrons. The third-order valence-corrected chi connectivity index (χ3v) is 4.64. The molecule has 1 atom stereocenters. The quantitative estimate of drug-likeness (QED) is 0.747. The lowest BCUT2D eigenvalue weighted by Crippen LogP contribution is -2.32. The number of rotatable bonds is 6. The molecular weight excluding hydrogens is 280 g/mol. The zero-order valence-corrected chi connectivity index (χ0v) is 13.0. The van der Waals surface area contributed by atoms with Gasteiger partial charge < -0.3 is 10.2 Å². The van der Waals surface area contributed by atoms with Gasteiger partial charge in [-0.2, -0.15) is 0 Å². The smallest absolute Gasteiger partial charge is 0.134 e. The molecular formula is C17H20N2OS. The fraction of sp³-hybridized carbons (Fsp3) is 0.294. The molecule has 0 aliphatic carbocycles. The average Bonchev–Trinajstić information content (AvgIpc) is 3.15. The Kier molecular flexibility index (Phi) is 4.39. The van der Waals surface area contributed by atoms with Crippen LogP contribution in [0.25, 0.3) is 11.0 Å². The number of hydrogen-bond acceptors (Lipinski definition) is 4. The minimum absolute atomic E-state index is 0.115. The summed E-state index contributed by atoms with van der Waals surface area (Å²) in [5.41, 5.74) is 6.96. The van der Waals surface area contributed by atoms with Crippen LogP contribution in [0.2, 0.25) is 0 Å². The molecule has 1 unspecified atom stereocenters. The van der Waals surface area contributed by atoms with Crippen LogP contribution in [0.15, 0.2) is 52.3 Å². The van der Waals surface area contributed by atoms with E-state index in [1.165, 1.54) is 4.88 Å². The van der Waals surface area contributed by atoms with E-state index in [0.29, 0.717) is 6.54 Å². The van der Waals surface area contributed by atoms with Crippen LogP contribution in [0.3, 0.4) is 0 Å². The van der Waals surface area contributed by atoms with Gasteiger partial charge in [0.25, 0.3) is 0 Å². The van der Waals surface area contributed by atoms with Crippen molar-refractivity contribution in [3.8, 4) is 0 Å². The normalized spacial score (nSPS) is 13.1. The first kappa shape index (κ1) is 14.3. The number of thiophene rings is 1. The molecule has 0 spiro atoms. The standard InChI is InChI=1S/C17H20N2OS/c1-2-19(12-14-7-5-9-21-14)15(11-18)17-10-13-6-3-4-8-16(13)20-17/h3-10,15H,2,11-12,18H2,1H3. The van der Waals surface area contributed by atoms with Gasteiger partial charge in [-0.25, -0.2) is 0 Å². The van der Waals surface area contributed by atoms with Gasteiger partial charge in [-0.3, -0.25) is 4.90 Å². The number of furan rings is 1.